The zero-order chi connectivity index (χ0) is 25.1. The molecule has 36 heavy (non-hydrogen) atoms. The van der Waals surface area contributed by atoms with Crippen molar-refractivity contribution in [3.05, 3.63) is 82.0 Å². The first kappa shape index (κ1) is 21.7. The fourth-order valence-corrected chi connectivity index (χ4v) is 4.50. The number of aryl methyl sites for hydroxylation is 3. The van der Waals surface area contributed by atoms with Gasteiger partial charge in [0.1, 0.15) is 35.0 Å². The third-order valence-electron chi connectivity index (χ3n) is 6.16. The van der Waals surface area contributed by atoms with E-state index in [4.69, 9.17) is 14.6 Å². The summed E-state index contributed by atoms with van der Waals surface area (Å²) in [5.41, 5.74) is 11.6. The van der Waals surface area contributed by atoms with E-state index in [1.165, 1.54) is 27.6 Å². The highest BCUT2D eigenvalue weighted by Gasteiger charge is 2.27. The predicted molar refractivity (Wildman–Crippen MR) is 129 cm³/mol. The lowest BCUT2D eigenvalue weighted by atomic mass is 9.98. The van der Waals surface area contributed by atoms with Gasteiger partial charge in [-0.05, 0) is 61.4 Å². The van der Waals surface area contributed by atoms with E-state index < -0.39 is 5.69 Å². The van der Waals surface area contributed by atoms with Gasteiger partial charge in [-0.15, -0.1) is 9.38 Å². The summed E-state index contributed by atoms with van der Waals surface area (Å²) in [6.07, 6.45) is 1.38. The number of benzene rings is 2. The lowest BCUT2D eigenvalue weighted by molar-refractivity contribution is -0.516. The van der Waals surface area contributed by atoms with Crippen molar-refractivity contribution in [1.29, 1.82) is 0 Å². The highest BCUT2D eigenvalue weighted by atomic mass is 19.1. The van der Waals surface area contributed by atoms with Gasteiger partial charge < -0.3 is 14.6 Å². The second-order valence-electron chi connectivity index (χ2n) is 8.59. The summed E-state index contributed by atoms with van der Waals surface area (Å²) >= 11 is 0. The monoisotopic (exact) mass is 486 g/mol. The second kappa shape index (κ2) is 7.87. The zero-order valence-corrected chi connectivity index (χ0v) is 19.7. The summed E-state index contributed by atoms with van der Waals surface area (Å²) in [7, 11) is 0. The number of nitrogens with zero attached hydrogens (tertiary/aromatic N) is 5. The molecule has 180 valence electrons. The first-order valence-electron chi connectivity index (χ1n) is 11.2. The van der Waals surface area contributed by atoms with E-state index >= 15 is 0 Å². The second-order valence-corrected chi connectivity index (χ2v) is 8.59. The maximum Gasteiger partial charge on any atom is 0.428 e. The molecule has 0 aliphatic rings. The molecule has 0 radical (unpaired) electrons. The van der Waals surface area contributed by atoms with Crippen LogP contribution in [-0.2, 0) is 6.54 Å². The van der Waals surface area contributed by atoms with Crippen LogP contribution in [0.3, 0.4) is 0 Å². The highest BCUT2D eigenvalue weighted by Crippen LogP contribution is 2.35. The number of oxazole rings is 2. The van der Waals surface area contributed by atoms with Crippen molar-refractivity contribution in [2.75, 3.05) is 5.73 Å². The Kier molecular flexibility index (Phi) is 4.75. The standard InChI is InChI=1S/C25H20FN7O3/c1-12-8-16(9-19-21(12)28-11-35-19)20-22(15-4-6-17(26)7-5-15)30-24(27)33-23(20)31-32(25(33)34)10-18-13(2)36-14(3)29-18/h4-9,11H,10H2,1-3H3,(H2,27,30,31)/p+1. The van der Waals surface area contributed by atoms with Crippen molar-refractivity contribution in [3.63, 3.8) is 0 Å². The number of fused-ring (bicyclic) bond motifs is 2. The summed E-state index contributed by atoms with van der Waals surface area (Å²) in [6, 6.07) is 9.70. The summed E-state index contributed by atoms with van der Waals surface area (Å²) in [5, 5.41) is 3.18. The molecule has 0 fully saturated rings. The smallest absolute Gasteiger partial charge is 0.428 e. The summed E-state index contributed by atoms with van der Waals surface area (Å²) in [5.74, 6) is 0.738. The number of nitrogen functional groups attached to an aromatic ring is 1. The molecule has 0 unspecified atom stereocenters. The minimum atomic E-state index is -0.417. The maximum absolute atomic E-state index is 13.7. The number of aromatic nitrogens is 6. The van der Waals surface area contributed by atoms with Gasteiger partial charge in [-0.25, -0.2) is 24.3 Å². The Hall–Kier alpha value is -4.80. The minimum Gasteiger partial charge on any atom is -0.446 e. The summed E-state index contributed by atoms with van der Waals surface area (Å²) in [4.78, 5) is 26.7. The van der Waals surface area contributed by atoms with E-state index in [1.807, 2.05) is 19.1 Å². The Morgan fingerprint density at radius 2 is 1.89 bits per heavy atom. The van der Waals surface area contributed by atoms with Crippen LogP contribution in [0, 0.1) is 26.6 Å². The normalized spacial score (nSPS) is 11.7. The molecule has 6 aromatic rings. The Morgan fingerprint density at radius 3 is 2.61 bits per heavy atom. The van der Waals surface area contributed by atoms with Crippen LogP contribution in [0.25, 0.3) is 39.1 Å². The SMILES string of the molecule is Cc1nc(Cn2[nH]c3c(-c4cc(C)c5ncoc5c4)c(-c4ccc(F)cc4)nc(N)[n+]3c2=O)c(C)o1. The molecule has 0 saturated heterocycles. The Bertz CT molecular complexity index is 1840. The van der Waals surface area contributed by atoms with Crippen LogP contribution in [0.15, 0.2) is 56.4 Å². The van der Waals surface area contributed by atoms with E-state index in [0.29, 0.717) is 45.4 Å². The quantitative estimate of drug-likeness (QED) is 0.365. The van der Waals surface area contributed by atoms with Crippen molar-refractivity contribution in [3.8, 4) is 22.4 Å². The number of rotatable bonds is 4. The van der Waals surface area contributed by atoms with Crippen LogP contribution >= 0.6 is 0 Å². The van der Waals surface area contributed by atoms with Crippen LogP contribution < -0.4 is 15.8 Å². The van der Waals surface area contributed by atoms with Crippen LogP contribution in [0.4, 0.5) is 10.3 Å². The maximum atomic E-state index is 13.7. The van der Waals surface area contributed by atoms with Gasteiger partial charge in [0.25, 0.3) is 0 Å². The van der Waals surface area contributed by atoms with Gasteiger partial charge >= 0.3 is 11.6 Å². The molecule has 0 aliphatic carbocycles. The van der Waals surface area contributed by atoms with Crippen molar-refractivity contribution >= 4 is 22.7 Å². The molecule has 0 aliphatic heterocycles. The molecule has 6 rings (SSSR count). The van der Waals surface area contributed by atoms with Gasteiger partial charge in [0.15, 0.2) is 17.9 Å². The topological polar surface area (TPSA) is 133 Å². The van der Waals surface area contributed by atoms with E-state index in [2.05, 4.69) is 20.1 Å². The highest BCUT2D eigenvalue weighted by molar-refractivity contribution is 5.93. The number of nitrogens with one attached hydrogen (secondary N) is 1. The van der Waals surface area contributed by atoms with Crippen molar-refractivity contribution in [1.82, 2.24) is 24.7 Å². The molecule has 4 aromatic heterocycles. The average molecular weight is 486 g/mol. The summed E-state index contributed by atoms with van der Waals surface area (Å²) in [6.45, 7) is 5.61. The number of halogens is 1. The average Bonchev–Trinajstić information content (AvgIpc) is 3.52. The Labute approximate surface area is 202 Å². The number of hydrogen-bond donors (Lipinski definition) is 2. The van der Waals surface area contributed by atoms with E-state index in [-0.39, 0.29) is 18.3 Å². The molecule has 11 heteroatoms. The van der Waals surface area contributed by atoms with Crippen LogP contribution in [0.5, 0.6) is 0 Å². The number of H-pyrrole nitrogens is 1. The van der Waals surface area contributed by atoms with Crippen molar-refractivity contribution < 1.29 is 17.6 Å². The fourth-order valence-electron chi connectivity index (χ4n) is 4.50. The predicted octanol–water partition coefficient (Wildman–Crippen LogP) is 3.47. The first-order chi connectivity index (χ1) is 17.3. The molecular formula is C25H21FN7O3+. The first-order valence-corrected chi connectivity index (χ1v) is 11.2. The van der Waals surface area contributed by atoms with Crippen LogP contribution in [0.2, 0.25) is 0 Å². The molecule has 3 N–H and O–H groups in total. The molecular weight excluding hydrogens is 465 g/mol. The van der Waals surface area contributed by atoms with E-state index in [1.54, 1.807) is 26.0 Å². The zero-order valence-electron chi connectivity index (χ0n) is 19.7. The number of anilines is 1. The minimum absolute atomic E-state index is 0.0152. The largest absolute Gasteiger partial charge is 0.446 e. The molecule has 0 bridgehead atoms. The molecule has 0 saturated carbocycles. The lowest BCUT2D eigenvalue weighted by Gasteiger charge is -2.09. The lowest BCUT2D eigenvalue weighted by Crippen LogP contribution is -2.44. The number of hydrogen-bond acceptors (Lipinski definition) is 7. The van der Waals surface area contributed by atoms with Gasteiger partial charge in [0, 0.05) is 12.5 Å². The van der Waals surface area contributed by atoms with Gasteiger partial charge in [-0.2, -0.15) is 4.68 Å². The van der Waals surface area contributed by atoms with E-state index in [9.17, 15) is 9.18 Å². The molecule has 0 atom stereocenters. The van der Waals surface area contributed by atoms with Gasteiger partial charge in [0.05, 0.1) is 5.56 Å². The van der Waals surface area contributed by atoms with Crippen LogP contribution in [-0.4, -0.2) is 24.7 Å². The Balaban J connectivity index is 1.67. The number of aromatic amines is 1. The fraction of sp³-hybridized carbons (Fsp3) is 0.160. The molecule has 0 amide bonds. The third kappa shape index (κ3) is 3.35. The molecule has 0 spiro atoms. The van der Waals surface area contributed by atoms with E-state index in [0.717, 1.165) is 16.6 Å². The summed E-state index contributed by atoms with van der Waals surface area (Å²) < 4.78 is 27.5. The van der Waals surface area contributed by atoms with Gasteiger partial charge in [0.2, 0.25) is 5.65 Å². The van der Waals surface area contributed by atoms with Gasteiger partial charge in [-0.3, -0.25) is 0 Å². The molecule has 4 heterocycles. The van der Waals surface area contributed by atoms with Crippen molar-refractivity contribution in [2.24, 2.45) is 0 Å². The van der Waals surface area contributed by atoms with Gasteiger partial charge in [-0.1, -0.05) is 0 Å². The molecule has 2 aromatic carbocycles. The number of nitrogens with two attached hydrogens (primary N) is 1. The third-order valence-corrected chi connectivity index (χ3v) is 6.16. The van der Waals surface area contributed by atoms with Crippen LogP contribution in [0.1, 0.15) is 22.9 Å². The Morgan fingerprint density at radius 1 is 1.11 bits per heavy atom. The molecule has 10 nitrogen and oxygen atoms in total. The van der Waals surface area contributed by atoms with Crippen molar-refractivity contribution in [2.45, 2.75) is 27.3 Å².